The number of nitrogens with one attached hydrogen (secondary N) is 2. The smallest absolute Gasteiger partial charge is 0.224 e. The molecule has 0 aliphatic carbocycles. The summed E-state index contributed by atoms with van der Waals surface area (Å²) in [7, 11) is 2.19. The number of H-pyrrole nitrogens is 1. The number of hydrogen-bond donors (Lipinski definition) is 2. The van der Waals surface area contributed by atoms with E-state index < -0.39 is 0 Å². The van der Waals surface area contributed by atoms with Crippen molar-refractivity contribution in [3.63, 3.8) is 0 Å². The molecule has 5 rings (SSSR count). The van der Waals surface area contributed by atoms with Gasteiger partial charge < -0.3 is 19.8 Å². The van der Waals surface area contributed by atoms with Crippen molar-refractivity contribution in [1.82, 2.24) is 34.4 Å². The van der Waals surface area contributed by atoms with Crippen LogP contribution in [-0.4, -0.2) is 61.1 Å². The third kappa shape index (κ3) is 3.76. The Kier molecular flexibility index (Phi) is 5.09. The number of anilines is 1. The summed E-state index contributed by atoms with van der Waals surface area (Å²) in [4.78, 5) is 24.2. The molecule has 1 fully saturated rings. The van der Waals surface area contributed by atoms with E-state index in [0.717, 1.165) is 45.7 Å². The SMILES string of the molecule is Cc1nc2ncc(-c3c[nH]c4nc(NCC5CCN(C)CC5)ncc34)cc2n1C(C)C. The molecule has 0 radical (unpaired) electrons. The van der Waals surface area contributed by atoms with Gasteiger partial charge in [-0.05, 0) is 65.7 Å². The summed E-state index contributed by atoms with van der Waals surface area (Å²) in [6.07, 6.45) is 8.22. The first kappa shape index (κ1) is 19.9. The van der Waals surface area contributed by atoms with Gasteiger partial charge in [0, 0.05) is 47.7 Å². The lowest BCUT2D eigenvalue weighted by Gasteiger charge is -2.28. The largest absolute Gasteiger partial charge is 0.354 e. The van der Waals surface area contributed by atoms with Gasteiger partial charge in [0.05, 0.1) is 5.52 Å². The number of pyridine rings is 1. The van der Waals surface area contributed by atoms with Crippen LogP contribution < -0.4 is 5.32 Å². The Labute approximate surface area is 182 Å². The fourth-order valence-electron chi connectivity index (χ4n) is 4.62. The molecule has 0 atom stereocenters. The van der Waals surface area contributed by atoms with Gasteiger partial charge in [-0.1, -0.05) is 0 Å². The van der Waals surface area contributed by atoms with Gasteiger partial charge in [-0.25, -0.2) is 15.0 Å². The normalized spacial score (nSPS) is 16.0. The minimum absolute atomic E-state index is 0.326. The maximum absolute atomic E-state index is 4.71. The van der Waals surface area contributed by atoms with Gasteiger partial charge in [0.15, 0.2) is 5.65 Å². The molecule has 1 aliphatic rings. The minimum Gasteiger partial charge on any atom is -0.354 e. The van der Waals surface area contributed by atoms with Crippen LogP contribution in [0.4, 0.5) is 5.95 Å². The van der Waals surface area contributed by atoms with Crippen molar-refractivity contribution in [3.8, 4) is 11.1 Å². The van der Waals surface area contributed by atoms with E-state index in [1.165, 1.54) is 25.9 Å². The zero-order valence-electron chi connectivity index (χ0n) is 18.7. The van der Waals surface area contributed by atoms with Gasteiger partial charge in [-0.3, -0.25) is 0 Å². The number of aromatic nitrogens is 6. The van der Waals surface area contributed by atoms with Crippen molar-refractivity contribution in [2.24, 2.45) is 5.92 Å². The topological polar surface area (TPSA) is 87.5 Å². The predicted octanol–water partition coefficient (Wildman–Crippen LogP) is 4.01. The van der Waals surface area contributed by atoms with E-state index in [9.17, 15) is 0 Å². The van der Waals surface area contributed by atoms with Crippen molar-refractivity contribution in [2.75, 3.05) is 32.0 Å². The number of imidazole rings is 1. The second kappa shape index (κ2) is 7.92. The molecule has 4 aromatic rings. The number of aromatic amines is 1. The van der Waals surface area contributed by atoms with E-state index in [4.69, 9.17) is 4.98 Å². The van der Waals surface area contributed by atoms with Gasteiger partial charge in [0.1, 0.15) is 11.5 Å². The Hall–Kier alpha value is -3.00. The highest BCUT2D eigenvalue weighted by Crippen LogP contribution is 2.30. The standard InChI is InChI=1S/C23H30N8/c1-14(2)31-15(3)28-22-20(31)9-17(11-24-22)18-12-25-21-19(18)13-27-23(29-21)26-10-16-5-7-30(4)8-6-16/h9,11-14,16H,5-8,10H2,1-4H3,(H2,25,26,27,29). The molecular weight excluding hydrogens is 388 g/mol. The van der Waals surface area contributed by atoms with Gasteiger partial charge in [0.25, 0.3) is 0 Å². The van der Waals surface area contributed by atoms with Crippen molar-refractivity contribution < 1.29 is 0 Å². The molecular formula is C23H30N8. The minimum atomic E-state index is 0.326. The van der Waals surface area contributed by atoms with Crippen LogP contribution in [0.1, 0.15) is 38.6 Å². The number of aryl methyl sites for hydroxylation is 1. The van der Waals surface area contributed by atoms with Crippen LogP contribution >= 0.6 is 0 Å². The van der Waals surface area contributed by atoms with Crippen molar-refractivity contribution >= 4 is 28.1 Å². The van der Waals surface area contributed by atoms with E-state index in [1.54, 1.807) is 0 Å². The number of rotatable bonds is 5. The van der Waals surface area contributed by atoms with Crippen LogP contribution in [0.25, 0.3) is 33.3 Å². The Morgan fingerprint density at radius 2 is 1.97 bits per heavy atom. The van der Waals surface area contributed by atoms with Crippen LogP contribution in [0, 0.1) is 12.8 Å². The van der Waals surface area contributed by atoms with Crippen LogP contribution in [0.2, 0.25) is 0 Å². The molecule has 8 nitrogen and oxygen atoms in total. The molecule has 0 unspecified atom stereocenters. The quantitative estimate of drug-likeness (QED) is 0.509. The number of hydrogen-bond acceptors (Lipinski definition) is 6. The highest BCUT2D eigenvalue weighted by molar-refractivity contribution is 5.95. The summed E-state index contributed by atoms with van der Waals surface area (Å²) < 4.78 is 2.22. The molecule has 1 aliphatic heterocycles. The summed E-state index contributed by atoms with van der Waals surface area (Å²) in [5.41, 5.74) is 4.77. The highest BCUT2D eigenvalue weighted by Gasteiger charge is 2.18. The van der Waals surface area contributed by atoms with E-state index >= 15 is 0 Å². The predicted molar refractivity (Wildman–Crippen MR) is 124 cm³/mol. The number of fused-ring (bicyclic) bond motifs is 2. The molecule has 0 spiro atoms. The first-order valence-electron chi connectivity index (χ1n) is 11.1. The van der Waals surface area contributed by atoms with Crippen molar-refractivity contribution in [2.45, 2.75) is 39.7 Å². The van der Waals surface area contributed by atoms with Crippen LogP contribution in [-0.2, 0) is 0 Å². The highest BCUT2D eigenvalue weighted by atomic mass is 15.1. The average molecular weight is 419 g/mol. The lowest BCUT2D eigenvalue weighted by Crippen LogP contribution is -2.33. The van der Waals surface area contributed by atoms with Gasteiger partial charge >= 0.3 is 0 Å². The van der Waals surface area contributed by atoms with E-state index in [1.807, 2.05) is 25.5 Å². The molecule has 1 saturated heterocycles. The number of likely N-dealkylation sites (tertiary alicyclic amines) is 1. The summed E-state index contributed by atoms with van der Waals surface area (Å²) in [5, 5.41) is 4.43. The van der Waals surface area contributed by atoms with Gasteiger partial charge in [-0.15, -0.1) is 0 Å². The fraction of sp³-hybridized carbons (Fsp3) is 0.478. The Balaban J connectivity index is 1.40. The summed E-state index contributed by atoms with van der Waals surface area (Å²) in [6.45, 7) is 9.62. The van der Waals surface area contributed by atoms with Gasteiger partial charge in [-0.2, -0.15) is 4.98 Å². The lowest BCUT2D eigenvalue weighted by molar-refractivity contribution is 0.226. The molecule has 0 saturated carbocycles. The van der Waals surface area contributed by atoms with E-state index in [2.05, 4.69) is 61.7 Å². The first-order valence-corrected chi connectivity index (χ1v) is 11.1. The third-order valence-electron chi connectivity index (χ3n) is 6.37. The average Bonchev–Trinajstić information content (AvgIpc) is 3.32. The molecule has 0 amide bonds. The van der Waals surface area contributed by atoms with Crippen molar-refractivity contribution in [1.29, 1.82) is 0 Å². The molecule has 0 aromatic carbocycles. The second-order valence-electron chi connectivity index (χ2n) is 8.98. The summed E-state index contributed by atoms with van der Waals surface area (Å²) in [5.74, 6) is 2.35. The Morgan fingerprint density at radius 1 is 1.16 bits per heavy atom. The zero-order chi connectivity index (χ0) is 21.5. The monoisotopic (exact) mass is 418 g/mol. The summed E-state index contributed by atoms with van der Waals surface area (Å²) in [6, 6.07) is 2.49. The molecule has 2 N–H and O–H groups in total. The maximum atomic E-state index is 4.71. The summed E-state index contributed by atoms with van der Waals surface area (Å²) >= 11 is 0. The Bertz CT molecular complexity index is 1210. The van der Waals surface area contributed by atoms with E-state index in [-0.39, 0.29) is 0 Å². The molecule has 4 aromatic heterocycles. The molecule has 5 heterocycles. The van der Waals surface area contributed by atoms with E-state index in [0.29, 0.717) is 17.9 Å². The molecule has 31 heavy (non-hydrogen) atoms. The second-order valence-corrected chi connectivity index (χ2v) is 8.98. The molecule has 162 valence electrons. The lowest BCUT2D eigenvalue weighted by atomic mass is 9.97. The van der Waals surface area contributed by atoms with Crippen LogP contribution in [0.5, 0.6) is 0 Å². The molecule has 0 bridgehead atoms. The number of piperidine rings is 1. The Morgan fingerprint density at radius 3 is 2.74 bits per heavy atom. The fourth-order valence-corrected chi connectivity index (χ4v) is 4.62. The first-order chi connectivity index (χ1) is 15.0. The molecule has 8 heteroatoms. The van der Waals surface area contributed by atoms with Crippen LogP contribution in [0.15, 0.2) is 24.7 Å². The number of nitrogens with zero attached hydrogens (tertiary/aromatic N) is 6. The van der Waals surface area contributed by atoms with Gasteiger partial charge in [0.2, 0.25) is 5.95 Å². The third-order valence-corrected chi connectivity index (χ3v) is 6.37. The zero-order valence-corrected chi connectivity index (χ0v) is 18.7. The maximum Gasteiger partial charge on any atom is 0.224 e. The van der Waals surface area contributed by atoms with Crippen molar-refractivity contribution in [3.05, 3.63) is 30.5 Å². The van der Waals surface area contributed by atoms with Crippen LogP contribution in [0.3, 0.4) is 0 Å².